The highest BCUT2D eigenvalue weighted by Crippen LogP contribution is 2.13. The van der Waals surface area contributed by atoms with Gasteiger partial charge in [-0.3, -0.25) is 9.59 Å². The van der Waals surface area contributed by atoms with E-state index in [1.807, 2.05) is 19.9 Å². The lowest BCUT2D eigenvalue weighted by Gasteiger charge is -2.15. The normalized spacial score (nSPS) is 12.0. The molecule has 2 N–H and O–H groups in total. The van der Waals surface area contributed by atoms with Crippen molar-refractivity contribution >= 4 is 17.6 Å². The molecule has 2 rings (SSSR count). The van der Waals surface area contributed by atoms with Crippen molar-refractivity contribution in [2.45, 2.75) is 39.3 Å². The van der Waals surface area contributed by atoms with Gasteiger partial charge in [-0.1, -0.05) is 18.2 Å². The van der Waals surface area contributed by atoms with Crippen LogP contribution in [0.4, 0.5) is 5.82 Å². The summed E-state index contributed by atoms with van der Waals surface area (Å²) in [6.07, 6.45) is 1.85. The third kappa shape index (κ3) is 4.67. The first kappa shape index (κ1) is 16.7. The number of anilines is 1. The monoisotopic (exact) mass is 314 g/mol. The number of carbonyl (C=O) groups excluding carboxylic acids is 2. The molecule has 0 aliphatic carbocycles. The van der Waals surface area contributed by atoms with Gasteiger partial charge in [0.15, 0.2) is 0 Å². The van der Waals surface area contributed by atoms with E-state index in [2.05, 4.69) is 15.7 Å². The molecule has 1 aromatic carbocycles. The fourth-order valence-electron chi connectivity index (χ4n) is 2.24. The zero-order chi connectivity index (χ0) is 16.8. The number of amides is 2. The van der Waals surface area contributed by atoms with Crippen LogP contribution < -0.4 is 10.6 Å². The van der Waals surface area contributed by atoms with Gasteiger partial charge in [0.1, 0.15) is 5.82 Å². The lowest BCUT2D eigenvalue weighted by Crippen LogP contribution is -2.35. The molecule has 0 bridgehead atoms. The second-order valence-corrected chi connectivity index (χ2v) is 5.75. The van der Waals surface area contributed by atoms with E-state index >= 15 is 0 Å². The summed E-state index contributed by atoms with van der Waals surface area (Å²) in [7, 11) is 0. The summed E-state index contributed by atoms with van der Waals surface area (Å²) < 4.78 is 1.74. The van der Waals surface area contributed by atoms with Gasteiger partial charge < -0.3 is 10.6 Å². The van der Waals surface area contributed by atoms with Crippen molar-refractivity contribution in [1.29, 1.82) is 0 Å². The lowest BCUT2D eigenvalue weighted by atomic mass is 10.1. The van der Waals surface area contributed by atoms with Gasteiger partial charge in [0.25, 0.3) is 5.91 Å². The molecule has 1 unspecified atom stereocenters. The van der Waals surface area contributed by atoms with E-state index in [4.69, 9.17) is 0 Å². The van der Waals surface area contributed by atoms with Crippen LogP contribution >= 0.6 is 0 Å². The molecular weight excluding hydrogens is 292 g/mol. The highest BCUT2D eigenvalue weighted by atomic mass is 16.2. The van der Waals surface area contributed by atoms with Crippen molar-refractivity contribution in [2.75, 3.05) is 5.32 Å². The average Bonchev–Trinajstić information content (AvgIpc) is 2.96. The van der Waals surface area contributed by atoms with Gasteiger partial charge in [-0.05, 0) is 32.9 Å². The van der Waals surface area contributed by atoms with Crippen molar-refractivity contribution in [2.24, 2.45) is 0 Å². The number of carbonyl (C=O) groups is 2. The first-order chi connectivity index (χ1) is 11.0. The van der Waals surface area contributed by atoms with Gasteiger partial charge in [0, 0.05) is 30.1 Å². The van der Waals surface area contributed by atoms with E-state index in [9.17, 15) is 9.59 Å². The quantitative estimate of drug-likeness (QED) is 0.860. The summed E-state index contributed by atoms with van der Waals surface area (Å²) in [5.74, 6) is 0.318. The standard InChI is InChI=1S/C17H22N4O2/c1-12(2)21-15(9-10-18-21)20-16(22)11-13(3)19-17(23)14-7-5-4-6-8-14/h4-10,12-13H,11H2,1-3H3,(H,19,23)(H,20,22). The fraction of sp³-hybridized carbons (Fsp3) is 0.353. The molecule has 0 spiro atoms. The van der Waals surface area contributed by atoms with Crippen molar-refractivity contribution in [3.8, 4) is 0 Å². The Balaban J connectivity index is 1.87. The molecule has 2 aromatic rings. The van der Waals surface area contributed by atoms with Gasteiger partial charge in [0.2, 0.25) is 5.91 Å². The van der Waals surface area contributed by atoms with E-state index in [-0.39, 0.29) is 30.3 Å². The molecule has 2 amide bonds. The van der Waals surface area contributed by atoms with Crippen molar-refractivity contribution in [3.63, 3.8) is 0 Å². The van der Waals surface area contributed by atoms with E-state index in [1.165, 1.54) is 0 Å². The first-order valence-corrected chi connectivity index (χ1v) is 7.66. The van der Waals surface area contributed by atoms with Crippen LogP contribution in [0.3, 0.4) is 0 Å². The van der Waals surface area contributed by atoms with E-state index in [0.717, 1.165) is 0 Å². The maximum Gasteiger partial charge on any atom is 0.251 e. The number of hydrogen-bond donors (Lipinski definition) is 2. The van der Waals surface area contributed by atoms with E-state index in [1.54, 1.807) is 48.1 Å². The number of nitrogens with zero attached hydrogens (tertiary/aromatic N) is 2. The van der Waals surface area contributed by atoms with Gasteiger partial charge in [0.05, 0.1) is 6.20 Å². The summed E-state index contributed by atoms with van der Waals surface area (Å²) in [6, 6.07) is 10.6. The third-order valence-corrected chi connectivity index (χ3v) is 3.33. The van der Waals surface area contributed by atoms with Crippen LogP contribution in [0.1, 0.15) is 43.6 Å². The smallest absolute Gasteiger partial charge is 0.251 e. The number of benzene rings is 1. The maximum absolute atomic E-state index is 12.1. The molecule has 23 heavy (non-hydrogen) atoms. The highest BCUT2D eigenvalue weighted by molar-refractivity contribution is 5.95. The predicted octanol–water partition coefficient (Wildman–Crippen LogP) is 2.61. The Hall–Kier alpha value is -2.63. The SMILES string of the molecule is CC(CC(=O)Nc1ccnn1C(C)C)NC(=O)c1ccccc1. The second-order valence-electron chi connectivity index (χ2n) is 5.75. The second kappa shape index (κ2) is 7.58. The van der Waals surface area contributed by atoms with Crippen LogP contribution in [-0.2, 0) is 4.79 Å². The molecule has 6 heteroatoms. The molecule has 0 aliphatic heterocycles. The minimum atomic E-state index is -0.266. The van der Waals surface area contributed by atoms with Crippen molar-refractivity contribution in [3.05, 3.63) is 48.2 Å². The van der Waals surface area contributed by atoms with Crippen LogP contribution in [-0.4, -0.2) is 27.6 Å². The number of rotatable bonds is 6. The van der Waals surface area contributed by atoms with Gasteiger partial charge in [-0.25, -0.2) is 4.68 Å². The number of aromatic nitrogens is 2. The summed E-state index contributed by atoms with van der Waals surface area (Å²) in [6.45, 7) is 5.79. The first-order valence-electron chi connectivity index (χ1n) is 7.66. The minimum absolute atomic E-state index is 0.159. The van der Waals surface area contributed by atoms with E-state index < -0.39 is 0 Å². The fourth-order valence-corrected chi connectivity index (χ4v) is 2.24. The van der Waals surface area contributed by atoms with Crippen LogP contribution in [0.15, 0.2) is 42.6 Å². The zero-order valence-electron chi connectivity index (χ0n) is 13.6. The van der Waals surface area contributed by atoms with Gasteiger partial charge >= 0.3 is 0 Å². The minimum Gasteiger partial charge on any atom is -0.349 e. The Labute approximate surface area is 135 Å². The summed E-state index contributed by atoms with van der Waals surface area (Å²) in [4.78, 5) is 24.2. The topological polar surface area (TPSA) is 76.0 Å². The molecule has 1 heterocycles. The summed E-state index contributed by atoms with van der Waals surface area (Å²) >= 11 is 0. The Morgan fingerprint density at radius 3 is 2.48 bits per heavy atom. The Bertz CT molecular complexity index is 664. The van der Waals surface area contributed by atoms with Crippen LogP contribution in [0.5, 0.6) is 0 Å². The molecule has 122 valence electrons. The summed E-state index contributed by atoms with van der Waals surface area (Å²) in [5, 5.41) is 9.82. The lowest BCUT2D eigenvalue weighted by molar-refractivity contribution is -0.116. The third-order valence-electron chi connectivity index (χ3n) is 3.33. The number of hydrogen-bond acceptors (Lipinski definition) is 3. The molecule has 0 radical (unpaired) electrons. The predicted molar refractivity (Wildman–Crippen MR) is 89.2 cm³/mol. The molecule has 1 aromatic heterocycles. The number of nitrogens with one attached hydrogen (secondary N) is 2. The van der Waals surface area contributed by atoms with Gasteiger partial charge in [-0.15, -0.1) is 0 Å². The Morgan fingerprint density at radius 1 is 1.13 bits per heavy atom. The molecule has 0 fully saturated rings. The summed E-state index contributed by atoms with van der Waals surface area (Å²) in [5.41, 5.74) is 0.581. The Kier molecular flexibility index (Phi) is 5.51. The largest absolute Gasteiger partial charge is 0.349 e. The molecule has 0 saturated heterocycles. The average molecular weight is 314 g/mol. The van der Waals surface area contributed by atoms with Crippen LogP contribution in [0, 0.1) is 0 Å². The zero-order valence-corrected chi connectivity index (χ0v) is 13.6. The van der Waals surface area contributed by atoms with Crippen molar-refractivity contribution in [1.82, 2.24) is 15.1 Å². The maximum atomic E-state index is 12.1. The Morgan fingerprint density at radius 2 is 1.83 bits per heavy atom. The molecule has 0 saturated carbocycles. The molecule has 1 atom stereocenters. The van der Waals surface area contributed by atoms with E-state index in [0.29, 0.717) is 11.4 Å². The molecule has 0 aliphatic rings. The van der Waals surface area contributed by atoms with Gasteiger partial charge in [-0.2, -0.15) is 5.10 Å². The van der Waals surface area contributed by atoms with Crippen LogP contribution in [0.25, 0.3) is 0 Å². The van der Waals surface area contributed by atoms with Crippen molar-refractivity contribution < 1.29 is 9.59 Å². The highest BCUT2D eigenvalue weighted by Gasteiger charge is 2.15. The van der Waals surface area contributed by atoms with Crippen LogP contribution in [0.2, 0.25) is 0 Å². The molecule has 6 nitrogen and oxygen atoms in total. The molecular formula is C17H22N4O2.